The first-order valence-electron chi connectivity index (χ1n) is 7.17. The molecule has 96 valence electrons. The highest BCUT2D eigenvalue weighted by atomic mass is 15.2. The van der Waals surface area contributed by atoms with E-state index in [9.17, 15) is 0 Å². The van der Waals surface area contributed by atoms with E-state index in [1.165, 1.54) is 44.9 Å². The Morgan fingerprint density at radius 3 is 2.25 bits per heavy atom. The molecule has 2 heteroatoms. The summed E-state index contributed by atoms with van der Waals surface area (Å²) in [5, 5.41) is 0. The summed E-state index contributed by atoms with van der Waals surface area (Å²) in [6.07, 6.45) is 9.46. The van der Waals surface area contributed by atoms with Gasteiger partial charge >= 0.3 is 0 Å². The van der Waals surface area contributed by atoms with Crippen LogP contribution in [0.15, 0.2) is 0 Å². The van der Waals surface area contributed by atoms with E-state index < -0.39 is 0 Å². The van der Waals surface area contributed by atoms with Crippen molar-refractivity contribution < 1.29 is 0 Å². The summed E-state index contributed by atoms with van der Waals surface area (Å²) in [5.74, 6) is 8.33. The van der Waals surface area contributed by atoms with Crippen LogP contribution in [0, 0.1) is 17.8 Å². The van der Waals surface area contributed by atoms with Gasteiger partial charge in [-0.2, -0.15) is 0 Å². The predicted molar refractivity (Wildman–Crippen MR) is 70.9 cm³/mol. The van der Waals surface area contributed by atoms with Gasteiger partial charge in [0.1, 0.15) is 0 Å². The molecule has 0 heterocycles. The van der Waals surface area contributed by atoms with E-state index in [0.29, 0.717) is 6.04 Å². The molecule has 0 radical (unpaired) electrons. The van der Waals surface area contributed by atoms with Crippen LogP contribution < -0.4 is 11.3 Å². The van der Waals surface area contributed by atoms with Crippen LogP contribution >= 0.6 is 0 Å². The van der Waals surface area contributed by atoms with Gasteiger partial charge in [0, 0.05) is 6.04 Å². The summed E-state index contributed by atoms with van der Waals surface area (Å²) in [5.41, 5.74) is 3.07. The Kier molecular flexibility index (Phi) is 6.37. The fourth-order valence-electron chi connectivity index (χ4n) is 3.00. The largest absolute Gasteiger partial charge is 0.271 e. The molecule has 2 unspecified atom stereocenters. The van der Waals surface area contributed by atoms with Crippen LogP contribution in [0.4, 0.5) is 0 Å². The van der Waals surface area contributed by atoms with Crippen LogP contribution in [-0.4, -0.2) is 6.04 Å². The molecule has 0 amide bonds. The Labute approximate surface area is 101 Å². The second kappa shape index (κ2) is 7.29. The minimum atomic E-state index is 0.549. The zero-order valence-corrected chi connectivity index (χ0v) is 11.3. The Hall–Kier alpha value is -0.0800. The molecule has 1 aliphatic carbocycles. The molecule has 1 fully saturated rings. The SMILES string of the molecule is CCC(C)CC(NN)C1CCC(CC)CC1. The Morgan fingerprint density at radius 1 is 1.19 bits per heavy atom. The maximum atomic E-state index is 5.72. The molecule has 0 aromatic carbocycles. The smallest absolute Gasteiger partial charge is 0.0241 e. The number of rotatable bonds is 6. The van der Waals surface area contributed by atoms with Gasteiger partial charge in [0.2, 0.25) is 0 Å². The van der Waals surface area contributed by atoms with Crippen molar-refractivity contribution in [2.45, 2.75) is 71.8 Å². The number of nitrogens with one attached hydrogen (secondary N) is 1. The van der Waals surface area contributed by atoms with E-state index in [-0.39, 0.29) is 0 Å². The van der Waals surface area contributed by atoms with Crippen LogP contribution in [0.25, 0.3) is 0 Å². The van der Waals surface area contributed by atoms with Crippen LogP contribution in [-0.2, 0) is 0 Å². The third-order valence-electron chi connectivity index (χ3n) is 4.61. The molecule has 1 saturated carbocycles. The highest BCUT2D eigenvalue weighted by molar-refractivity contribution is 4.81. The van der Waals surface area contributed by atoms with Crippen molar-refractivity contribution in [2.75, 3.05) is 0 Å². The zero-order chi connectivity index (χ0) is 12.0. The quantitative estimate of drug-likeness (QED) is 0.537. The van der Waals surface area contributed by atoms with E-state index in [0.717, 1.165) is 17.8 Å². The van der Waals surface area contributed by atoms with Crippen molar-refractivity contribution in [1.82, 2.24) is 5.43 Å². The minimum Gasteiger partial charge on any atom is -0.271 e. The second-order valence-electron chi connectivity index (χ2n) is 5.71. The first kappa shape index (κ1) is 14.0. The zero-order valence-electron chi connectivity index (χ0n) is 11.3. The van der Waals surface area contributed by atoms with E-state index in [1.807, 2.05) is 0 Å². The van der Waals surface area contributed by atoms with Gasteiger partial charge in [0.15, 0.2) is 0 Å². The Balaban J connectivity index is 2.36. The number of hydrazine groups is 1. The van der Waals surface area contributed by atoms with E-state index in [4.69, 9.17) is 5.84 Å². The lowest BCUT2D eigenvalue weighted by Gasteiger charge is -2.34. The lowest BCUT2D eigenvalue weighted by molar-refractivity contribution is 0.198. The molecule has 0 saturated heterocycles. The molecule has 1 aliphatic rings. The summed E-state index contributed by atoms with van der Waals surface area (Å²) in [7, 11) is 0. The first-order chi connectivity index (χ1) is 7.71. The summed E-state index contributed by atoms with van der Waals surface area (Å²) < 4.78 is 0. The van der Waals surface area contributed by atoms with Gasteiger partial charge in [0.05, 0.1) is 0 Å². The summed E-state index contributed by atoms with van der Waals surface area (Å²) in [6.45, 7) is 6.93. The van der Waals surface area contributed by atoms with E-state index >= 15 is 0 Å². The van der Waals surface area contributed by atoms with Crippen LogP contribution in [0.2, 0.25) is 0 Å². The maximum absolute atomic E-state index is 5.72. The van der Waals surface area contributed by atoms with Gasteiger partial charge in [-0.15, -0.1) is 0 Å². The van der Waals surface area contributed by atoms with Gasteiger partial charge < -0.3 is 0 Å². The fraction of sp³-hybridized carbons (Fsp3) is 1.00. The summed E-state index contributed by atoms with van der Waals surface area (Å²) in [4.78, 5) is 0. The minimum absolute atomic E-state index is 0.549. The van der Waals surface area contributed by atoms with Crippen molar-refractivity contribution in [2.24, 2.45) is 23.6 Å². The molecule has 2 nitrogen and oxygen atoms in total. The molecule has 3 N–H and O–H groups in total. The molecular weight excluding hydrogens is 196 g/mol. The Morgan fingerprint density at radius 2 is 1.81 bits per heavy atom. The molecule has 0 aromatic rings. The van der Waals surface area contributed by atoms with Gasteiger partial charge in [0.25, 0.3) is 0 Å². The molecule has 0 aromatic heterocycles. The molecule has 1 rings (SSSR count). The molecular formula is C14H30N2. The van der Waals surface area contributed by atoms with Gasteiger partial charge in [-0.05, 0) is 37.0 Å². The standard InChI is InChI=1S/C14H30N2/c1-4-11(3)10-14(16-15)13-8-6-12(5-2)7-9-13/h11-14,16H,4-10,15H2,1-3H3. The lowest BCUT2D eigenvalue weighted by Crippen LogP contribution is -2.43. The van der Waals surface area contributed by atoms with Gasteiger partial charge in [-0.3, -0.25) is 11.3 Å². The van der Waals surface area contributed by atoms with Crippen LogP contribution in [0.5, 0.6) is 0 Å². The van der Waals surface area contributed by atoms with Gasteiger partial charge in [-0.1, -0.05) is 46.5 Å². The third-order valence-corrected chi connectivity index (χ3v) is 4.61. The monoisotopic (exact) mass is 226 g/mol. The lowest BCUT2D eigenvalue weighted by atomic mass is 9.76. The second-order valence-corrected chi connectivity index (χ2v) is 5.71. The normalized spacial score (nSPS) is 30.0. The number of hydrogen-bond donors (Lipinski definition) is 2. The molecule has 2 atom stereocenters. The summed E-state index contributed by atoms with van der Waals surface area (Å²) in [6, 6.07) is 0.549. The van der Waals surface area contributed by atoms with E-state index in [1.54, 1.807) is 0 Å². The average Bonchev–Trinajstić information content (AvgIpc) is 2.35. The van der Waals surface area contributed by atoms with Crippen molar-refractivity contribution in [3.05, 3.63) is 0 Å². The average molecular weight is 226 g/mol. The number of hydrogen-bond acceptors (Lipinski definition) is 2. The Bertz CT molecular complexity index is 174. The fourth-order valence-corrected chi connectivity index (χ4v) is 3.00. The van der Waals surface area contributed by atoms with E-state index in [2.05, 4.69) is 26.2 Å². The molecule has 0 aliphatic heterocycles. The van der Waals surface area contributed by atoms with Gasteiger partial charge in [-0.25, -0.2) is 0 Å². The van der Waals surface area contributed by atoms with Crippen LogP contribution in [0.3, 0.4) is 0 Å². The van der Waals surface area contributed by atoms with Crippen molar-refractivity contribution in [3.63, 3.8) is 0 Å². The van der Waals surface area contributed by atoms with Crippen molar-refractivity contribution in [1.29, 1.82) is 0 Å². The summed E-state index contributed by atoms with van der Waals surface area (Å²) >= 11 is 0. The third kappa shape index (κ3) is 4.06. The topological polar surface area (TPSA) is 38.0 Å². The van der Waals surface area contributed by atoms with Crippen molar-refractivity contribution >= 4 is 0 Å². The molecule has 16 heavy (non-hydrogen) atoms. The first-order valence-corrected chi connectivity index (χ1v) is 7.17. The predicted octanol–water partition coefficient (Wildman–Crippen LogP) is 3.47. The highest BCUT2D eigenvalue weighted by Gasteiger charge is 2.26. The number of nitrogens with two attached hydrogens (primary N) is 1. The molecule has 0 spiro atoms. The highest BCUT2D eigenvalue weighted by Crippen LogP contribution is 2.34. The van der Waals surface area contributed by atoms with Crippen molar-refractivity contribution in [3.8, 4) is 0 Å². The maximum Gasteiger partial charge on any atom is 0.0241 e. The molecule has 0 bridgehead atoms. The van der Waals surface area contributed by atoms with Crippen LogP contribution in [0.1, 0.15) is 65.7 Å².